The SMILES string of the molecule is O=C(O)c1c[nH]c(Sc2ccc(Cl)cc2Cl)c1. The van der Waals surface area contributed by atoms with Crippen LogP contribution in [-0.4, -0.2) is 16.1 Å². The number of carbonyl (C=O) groups is 1. The zero-order chi connectivity index (χ0) is 12.4. The van der Waals surface area contributed by atoms with E-state index in [9.17, 15) is 4.79 Å². The van der Waals surface area contributed by atoms with Crippen LogP contribution in [0.25, 0.3) is 0 Å². The van der Waals surface area contributed by atoms with Gasteiger partial charge in [-0.25, -0.2) is 4.79 Å². The summed E-state index contributed by atoms with van der Waals surface area (Å²) in [4.78, 5) is 14.4. The van der Waals surface area contributed by atoms with E-state index in [1.165, 1.54) is 18.0 Å². The number of hydrogen-bond donors (Lipinski definition) is 2. The van der Waals surface area contributed by atoms with E-state index >= 15 is 0 Å². The van der Waals surface area contributed by atoms with Gasteiger partial charge in [0.15, 0.2) is 0 Å². The molecule has 0 aliphatic rings. The topological polar surface area (TPSA) is 53.1 Å². The number of rotatable bonds is 3. The summed E-state index contributed by atoms with van der Waals surface area (Å²) in [5, 5.41) is 10.6. The molecule has 2 rings (SSSR count). The van der Waals surface area contributed by atoms with Gasteiger partial charge in [-0.05, 0) is 24.3 Å². The Morgan fingerprint density at radius 3 is 2.65 bits per heavy atom. The van der Waals surface area contributed by atoms with Crippen molar-refractivity contribution in [2.75, 3.05) is 0 Å². The minimum Gasteiger partial charge on any atom is -0.478 e. The second-order valence-corrected chi connectivity index (χ2v) is 5.16. The molecule has 6 heteroatoms. The molecule has 0 saturated heterocycles. The van der Waals surface area contributed by atoms with Crippen LogP contribution in [0.4, 0.5) is 0 Å². The number of aromatic amines is 1. The average Bonchev–Trinajstić information content (AvgIpc) is 2.71. The van der Waals surface area contributed by atoms with E-state index < -0.39 is 5.97 Å². The van der Waals surface area contributed by atoms with Gasteiger partial charge in [-0.15, -0.1) is 0 Å². The van der Waals surface area contributed by atoms with Crippen molar-refractivity contribution in [3.63, 3.8) is 0 Å². The molecular formula is C11H7Cl2NO2S. The first-order valence-corrected chi connectivity index (χ1v) is 6.18. The summed E-state index contributed by atoms with van der Waals surface area (Å²) in [5.41, 5.74) is 0.220. The molecule has 3 nitrogen and oxygen atoms in total. The van der Waals surface area contributed by atoms with E-state index in [4.69, 9.17) is 28.3 Å². The first-order valence-electron chi connectivity index (χ1n) is 4.61. The van der Waals surface area contributed by atoms with Gasteiger partial charge in [-0.3, -0.25) is 0 Å². The average molecular weight is 288 g/mol. The molecule has 0 aliphatic carbocycles. The first kappa shape index (κ1) is 12.4. The van der Waals surface area contributed by atoms with Crippen LogP contribution in [-0.2, 0) is 0 Å². The van der Waals surface area contributed by atoms with Gasteiger partial charge in [0.2, 0.25) is 0 Å². The maximum Gasteiger partial charge on any atom is 0.337 e. The number of halogens is 2. The highest BCUT2D eigenvalue weighted by atomic mass is 35.5. The van der Waals surface area contributed by atoms with Gasteiger partial charge in [0.25, 0.3) is 0 Å². The smallest absolute Gasteiger partial charge is 0.337 e. The predicted octanol–water partition coefficient (Wildman–Crippen LogP) is 4.17. The largest absolute Gasteiger partial charge is 0.478 e. The minimum absolute atomic E-state index is 0.220. The lowest BCUT2D eigenvalue weighted by Crippen LogP contribution is -1.91. The van der Waals surface area contributed by atoms with Gasteiger partial charge >= 0.3 is 5.97 Å². The zero-order valence-corrected chi connectivity index (χ0v) is 10.7. The lowest BCUT2D eigenvalue weighted by molar-refractivity contribution is 0.0697. The second kappa shape index (κ2) is 5.04. The van der Waals surface area contributed by atoms with Crippen LogP contribution in [0.3, 0.4) is 0 Å². The number of nitrogens with one attached hydrogen (secondary N) is 1. The number of hydrogen-bond acceptors (Lipinski definition) is 2. The number of carboxylic acid groups (broad SMARTS) is 1. The Bertz CT molecular complexity index is 568. The number of aromatic carboxylic acids is 1. The monoisotopic (exact) mass is 287 g/mol. The molecule has 2 N–H and O–H groups in total. The number of carboxylic acids is 1. The second-order valence-electron chi connectivity index (χ2n) is 3.23. The quantitative estimate of drug-likeness (QED) is 0.891. The highest BCUT2D eigenvalue weighted by Gasteiger charge is 2.09. The first-order chi connectivity index (χ1) is 8.06. The van der Waals surface area contributed by atoms with Gasteiger partial charge in [0.1, 0.15) is 0 Å². The van der Waals surface area contributed by atoms with Crippen molar-refractivity contribution < 1.29 is 9.90 Å². The summed E-state index contributed by atoms with van der Waals surface area (Å²) >= 11 is 13.2. The standard InChI is InChI=1S/C11H7Cl2NO2S/c12-7-1-2-9(8(13)4-7)17-10-3-6(5-14-10)11(15)16/h1-5,14H,(H,15,16). The molecule has 1 aromatic carbocycles. The third-order valence-electron chi connectivity index (χ3n) is 2.02. The van der Waals surface area contributed by atoms with Gasteiger partial charge in [0, 0.05) is 16.1 Å². The summed E-state index contributed by atoms with van der Waals surface area (Å²) in [6, 6.07) is 6.72. The molecule has 1 heterocycles. The van der Waals surface area contributed by atoms with Crippen molar-refractivity contribution in [3.8, 4) is 0 Å². The zero-order valence-electron chi connectivity index (χ0n) is 8.41. The van der Waals surface area contributed by atoms with Crippen molar-refractivity contribution in [1.82, 2.24) is 4.98 Å². The molecule has 2 aromatic rings. The Morgan fingerprint density at radius 1 is 1.29 bits per heavy atom. The fourth-order valence-electron chi connectivity index (χ4n) is 1.23. The normalized spacial score (nSPS) is 10.5. The third-order valence-corrected chi connectivity index (χ3v) is 3.71. The van der Waals surface area contributed by atoms with Gasteiger partial charge < -0.3 is 10.1 Å². The summed E-state index contributed by atoms with van der Waals surface area (Å²) in [7, 11) is 0. The van der Waals surface area contributed by atoms with Crippen molar-refractivity contribution in [2.45, 2.75) is 9.92 Å². The Hall–Kier alpha value is -1.10. The van der Waals surface area contributed by atoms with Crippen LogP contribution in [0.1, 0.15) is 10.4 Å². The number of H-pyrrole nitrogens is 1. The summed E-state index contributed by atoms with van der Waals surface area (Å²) in [6.45, 7) is 0. The van der Waals surface area contributed by atoms with E-state index in [0.717, 1.165) is 4.90 Å². The lowest BCUT2D eigenvalue weighted by Gasteiger charge is -2.02. The molecule has 0 spiro atoms. The van der Waals surface area contributed by atoms with Gasteiger partial charge in [0.05, 0.1) is 15.6 Å². The molecule has 0 amide bonds. The summed E-state index contributed by atoms with van der Waals surface area (Å²) in [6.07, 6.45) is 1.44. The molecular weight excluding hydrogens is 281 g/mol. The van der Waals surface area contributed by atoms with Crippen LogP contribution >= 0.6 is 35.0 Å². The highest BCUT2D eigenvalue weighted by Crippen LogP contribution is 2.34. The molecule has 0 bridgehead atoms. The maximum absolute atomic E-state index is 10.7. The summed E-state index contributed by atoms with van der Waals surface area (Å²) in [5.74, 6) is -0.963. The highest BCUT2D eigenvalue weighted by molar-refractivity contribution is 7.99. The maximum atomic E-state index is 10.7. The summed E-state index contributed by atoms with van der Waals surface area (Å²) < 4.78 is 0. The van der Waals surface area contributed by atoms with E-state index in [1.54, 1.807) is 24.3 Å². The van der Waals surface area contributed by atoms with E-state index in [2.05, 4.69) is 4.98 Å². The van der Waals surface area contributed by atoms with Crippen LogP contribution in [0, 0.1) is 0 Å². The van der Waals surface area contributed by atoms with Crippen LogP contribution in [0.15, 0.2) is 40.4 Å². The molecule has 0 radical (unpaired) electrons. The lowest BCUT2D eigenvalue weighted by atomic mass is 10.4. The molecule has 88 valence electrons. The molecule has 1 aromatic heterocycles. The van der Waals surface area contributed by atoms with Crippen LogP contribution in [0.2, 0.25) is 10.0 Å². The van der Waals surface area contributed by atoms with Crippen molar-refractivity contribution >= 4 is 40.9 Å². The molecule has 0 aliphatic heterocycles. The van der Waals surface area contributed by atoms with Crippen molar-refractivity contribution in [1.29, 1.82) is 0 Å². The molecule has 0 fully saturated rings. The predicted molar refractivity (Wildman–Crippen MR) is 68.3 cm³/mol. The molecule has 17 heavy (non-hydrogen) atoms. The Morgan fingerprint density at radius 2 is 2.06 bits per heavy atom. The van der Waals surface area contributed by atoms with Crippen LogP contribution < -0.4 is 0 Å². The number of aromatic nitrogens is 1. The number of benzene rings is 1. The fraction of sp³-hybridized carbons (Fsp3) is 0. The third kappa shape index (κ3) is 2.97. The van der Waals surface area contributed by atoms with Crippen LogP contribution in [0.5, 0.6) is 0 Å². The van der Waals surface area contributed by atoms with Crippen molar-refractivity contribution in [2.24, 2.45) is 0 Å². The minimum atomic E-state index is -0.963. The van der Waals surface area contributed by atoms with Gasteiger partial charge in [-0.2, -0.15) is 0 Å². The molecule has 0 atom stereocenters. The van der Waals surface area contributed by atoms with Gasteiger partial charge in [-0.1, -0.05) is 35.0 Å². The van der Waals surface area contributed by atoms with E-state index in [0.29, 0.717) is 15.1 Å². The molecule has 0 unspecified atom stereocenters. The van der Waals surface area contributed by atoms with E-state index in [1.807, 2.05) is 0 Å². The van der Waals surface area contributed by atoms with Crippen molar-refractivity contribution in [3.05, 3.63) is 46.1 Å². The fourth-order valence-corrected chi connectivity index (χ4v) is 2.59. The van der Waals surface area contributed by atoms with E-state index in [-0.39, 0.29) is 5.56 Å². The Balaban J connectivity index is 2.22. The Kier molecular flexibility index (Phi) is 3.66. The molecule has 0 saturated carbocycles. The Labute approximate surface area is 112 Å².